The van der Waals surface area contributed by atoms with Gasteiger partial charge in [-0.2, -0.15) is 0 Å². The highest BCUT2D eigenvalue weighted by Crippen LogP contribution is 2.13. The van der Waals surface area contributed by atoms with E-state index in [1.165, 1.54) is 0 Å². The van der Waals surface area contributed by atoms with Gasteiger partial charge in [-0.15, -0.1) is 0 Å². The highest BCUT2D eigenvalue weighted by Gasteiger charge is 2.20. The van der Waals surface area contributed by atoms with Crippen molar-refractivity contribution in [1.82, 2.24) is 9.80 Å². The molecule has 0 aromatic heterocycles. The number of anilines is 1. The minimum absolute atomic E-state index is 0.0358. The molecule has 26 heavy (non-hydrogen) atoms. The quantitative estimate of drug-likeness (QED) is 0.646. The third kappa shape index (κ3) is 5.75. The number of nitrogens with zero attached hydrogens (tertiary/aromatic N) is 2. The van der Waals surface area contributed by atoms with Crippen LogP contribution in [-0.4, -0.2) is 60.5 Å². The summed E-state index contributed by atoms with van der Waals surface area (Å²) in [6, 6.07) is 6.46. The Kier molecular flexibility index (Phi) is 7.44. The summed E-state index contributed by atoms with van der Waals surface area (Å²) < 4.78 is 5.16. The molecule has 1 aromatic carbocycles. The number of amides is 3. The van der Waals surface area contributed by atoms with Crippen LogP contribution in [0.1, 0.15) is 43.5 Å². The normalized spacial score (nSPS) is 14.5. The van der Waals surface area contributed by atoms with Crippen LogP contribution in [0.5, 0.6) is 0 Å². The van der Waals surface area contributed by atoms with Crippen molar-refractivity contribution < 1.29 is 19.1 Å². The summed E-state index contributed by atoms with van der Waals surface area (Å²) in [4.78, 5) is 39.2. The fourth-order valence-electron chi connectivity index (χ4n) is 2.72. The molecule has 1 aliphatic rings. The fourth-order valence-corrected chi connectivity index (χ4v) is 2.72. The number of benzene rings is 1. The van der Waals surface area contributed by atoms with E-state index in [0.29, 0.717) is 44.0 Å². The summed E-state index contributed by atoms with van der Waals surface area (Å²) in [6.45, 7) is 6.34. The van der Waals surface area contributed by atoms with Crippen LogP contribution in [0.4, 0.5) is 10.5 Å². The number of carbonyl (C=O) groups excluding carboxylic acids is 3. The summed E-state index contributed by atoms with van der Waals surface area (Å²) in [5.41, 5.74) is 1.08. The molecule has 0 spiro atoms. The Morgan fingerprint density at radius 2 is 1.69 bits per heavy atom. The summed E-state index contributed by atoms with van der Waals surface area (Å²) >= 11 is 0. The van der Waals surface area contributed by atoms with Gasteiger partial charge >= 0.3 is 12.0 Å². The number of unbranched alkanes of at least 4 members (excludes halogenated alkanes) is 1. The van der Waals surface area contributed by atoms with Gasteiger partial charge in [0.25, 0.3) is 0 Å². The average molecular weight is 361 g/mol. The third-order valence-electron chi connectivity index (χ3n) is 4.33. The van der Waals surface area contributed by atoms with E-state index in [-0.39, 0.29) is 17.9 Å². The van der Waals surface area contributed by atoms with E-state index in [1.807, 2.05) is 6.92 Å². The number of rotatable bonds is 5. The fraction of sp³-hybridized carbons (Fsp3) is 0.526. The maximum Gasteiger partial charge on any atom is 0.338 e. The molecule has 142 valence electrons. The van der Waals surface area contributed by atoms with Crippen LogP contribution in [0, 0.1) is 0 Å². The second-order valence-corrected chi connectivity index (χ2v) is 6.34. The molecular weight excluding hydrogens is 334 g/mol. The van der Waals surface area contributed by atoms with Gasteiger partial charge in [-0.3, -0.25) is 4.79 Å². The van der Waals surface area contributed by atoms with E-state index in [1.54, 1.807) is 41.0 Å². The van der Waals surface area contributed by atoms with Gasteiger partial charge in [-0.1, -0.05) is 13.3 Å². The molecule has 1 saturated heterocycles. The first-order valence-corrected chi connectivity index (χ1v) is 9.10. The summed E-state index contributed by atoms with van der Waals surface area (Å²) in [5.74, 6) is -0.318. The van der Waals surface area contributed by atoms with E-state index in [2.05, 4.69) is 5.32 Å². The molecule has 1 heterocycles. The summed E-state index contributed by atoms with van der Waals surface area (Å²) in [7, 11) is 0. The zero-order valence-corrected chi connectivity index (χ0v) is 15.5. The van der Waals surface area contributed by atoms with Crippen molar-refractivity contribution in [2.75, 3.05) is 38.1 Å². The Hall–Kier alpha value is -2.57. The smallest absolute Gasteiger partial charge is 0.338 e. The van der Waals surface area contributed by atoms with Gasteiger partial charge in [0.1, 0.15) is 0 Å². The van der Waals surface area contributed by atoms with Crippen molar-refractivity contribution in [3.8, 4) is 0 Å². The first-order valence-electron chi connectivity index (χ1n) is 9.10. The molecule has 2 rings (SSSR count). The molecule has 0 bridgehead atoms. The summed E-state index contributed by atoms with van der Waals surface area (Å²) in [6.07, 6.45) is 2.57. The topological polar surface area (TPSA) is 79.0 Å². The number of carbonyl (C=O) groups is 3. The van der Waals surface area contributed by atoms with Crippen LogP contribution >= 0.6 is 0 Å². The number of nitrogens with one attached hydrogen (secondary N) is 1. The van der Waals surface area contributed by atoms with Crippen LogP contribution in [-0.2, 0) is 9.53 Å². The van der Waals surface area contributed by atoms with E-state index < -0.39 is 0 Å². The van der Waals surface area contributed by atoms with Crippen LogP contribution in [0.2, 0.25) is 0 Å². The Morgan fingerprint density at radius 1 is 1.04 bits per heavy atom. The van der Waals surface area contributed by atoms with Gasteiger partial charge in [-0.05, 0) is 37.1 Å². The first-order chi connectivity index (χ1) is 12.5. The molecule has 7 nitrogen and oxygen atoms in total. The molecule has 0 unspecified atom stereocenters. The van der Waals surface area contributed by atoms with Crippen molar-refractivity contribution in [1.29, 1.82) is 0 Å². The Labute approximate surface area is 154 Å². The first kappa shape index (κ1) is 19.8. The SMILES string of the molecule is CCCCOC(=O)c1ccc(NC(=O)N2CCCN(C(C)=O)CC2)cc1. The van der Waals surface area contributed by atoms with E-state index in [4.69, 9.17) is 4.74 Å². The second kappa shape index (κ2) is 9.79. The standard InChI is InChI=1S/C19H27N3O4/c1-3-4-14-26-18(24)16-6-8-17(9-7-16)20-19(25)22-11-5-10-21(12-13-22)15(2)23/h6-9H,3-5,10-14H2,1-2H3,(H,20,25). The molecule has 1 aliphatic heterocycles. The lowest BCUT2D eigenvalue weighted by molar-refractivity contribution is -0.128. The van der Waals surface area contributed by atoms with Crippen LogP contribution in [0.3, 0.4) is 0 Å². The molecule has 1 aromatic rings. The molecule has 7 heteroatoms. The Bertz CT molecular complexity index is 630. The molecule has 0 saturated carbocycles. The van der Waals surface area contributed by atoms with Gasteiger partial charge in [-0.25, -0.2) is 9.59 Å². The predicted molar refractivity (Wildman–Crippen MR) is 99.1 cm³/mol. The van der Waals surface area contributed by atoms with Crippen molar-refractivity contribution in [3.05, 3.63) is 29.8 Å². The molecule has 3 amide bonds. The second-order valence-electron chi connectivity index (χ2n) is 6.34. The van der Waals surface area contributed by atoms with Crippen molar-refractivity contribution >= 4 is 23.6 Å². The maximum absolute atomic E-state index is 12.4. The number of esters is 1. The molecule has 1 fully saturated rings. The Morgan fingerprint density at radius 3 is 2.35 bits per heavy atom. The molecule has 1 N–H and O–H groups in total. The maximum atomic E-state index is 12.4. The van der Waals surface area contributed by atoms with Crippen LogP contribution in [0.15, 0.2) is 24.3 Å². The molecule has 0 aliphatic carbocycles. The molecular formula is C19H27N3O4. The largest absolute Gasteiger partial charge is 0.462 e. The minimum Gasteiger partial charge on any atom is -0.462 e. The number of hydrogen-bond donors (Lipinski definition) is 1. The van der Waals surface area contributed by atoms with Gasteiger partial charge in [0.05, 0.1) is 12.2 Å². The lowest BCUT2D eigenvalue weighted by Gasteiger charge is -2.21. The Balaban J connectivity index is 1.87. The van der Waals surface area contributed by atoms with Gasteiger partial charge in [0.15, 0.2) is 0 Å². The number of ether oxygens (including phenoxy) is 1. The monoisotopic (exact) mass is 361 g/mol. The van der Waals surface area contributed by atoms with E-state index in [0.717, 1.165) is 19.3 Å². The van der Waals surface area contributed by atoms with Crippen molar-refractivity contribution in [3.63, 3.8) is 0 Å². The zero-order chi connectivity index (χ0) is 18.9. The third-order valence-corrected chi connectivity index (χ3v) is 4.33. The lowest BCUT2D eigenvalue weighted by atomic mass is 10.2. The van der Waals surface area contributed by atoms with Crippen LogP contribution < -0.4 is 5.32 Å². The zero-order valence-electron chi connectivity index (χ0n) is 15.5. The van der Waals surface area contributed by atoms with Gasteiger partial charge in [0.2, 0.25) is 5.91 Å². The van der Waals surface area contributed by atoms with Gasteiger partial charge in [0, 0.05) is 38.8 Å². The van der Waals surface area contributed by atoms with E-state index in [9.17, 15) is 14.4 Å². The highest BCUT2D eigenvalue weighted by molar-refractivity contribution is 5.92. The van der Waals surface area contributed by atoms with Gasteiger partial charge < -0.3 is 19.9 Å². The minimum atomic E-state index is -0.354. The average Bonchev–Trinajstić information content (AvgIpc) is 2.89. The van der Waals surface area contributed by atoms with Crippen molar-refractivity contribution in [2.45, 2.75) is 33.1 Å². The molecule has 0 radical (unpaired) electrons. The van der Waals surface area contributed by atoms with Crippen molar-refractivity contribution in [2.24, 2.45) is 0 Å². The lowest BCUT2D eigenvalue weighted by Crippen LogP contribution is -2.38. The molecule has 0 atom stereocenters. The van der Waals surface area contributed by atoms with Crippen LogP contribution in [0.25, 0.3) is 0 Å². The summed E-state index contributed by atoms with van der Waals surface area (Å²) in [5, 5.41) is 2.83. The predicted octanol–water partition coefficient (Wildman–Crippen LogP) is 2.73. The highest BCUT2D eigenvalue weighted by atomic mass is 16.5. The van der Waals surface area contributed by atoms with E-state index >= 15 is 0 Å². The number of urea groups is 1. The number of hydrogen-bond acceptors (Lipinski definition) is 4.